The molecule has 3 N–H and O–H groups in total. The summed E-state index contributed by atoms with van der Waals surface area (Å²) in [5.41, 5.74) is -1.06. The van der Waals surface area contributed by atoms with Crippen LogP contribution >= 0.6 is 22.7 Å². The summed E-state index contributed by atoms with van der Waals surface area (Å²) in [5.74, 6) is -2.50. The number of halogens is 4. The van der Waals surface area contributed by atoms with E-state index in [1.807, 2.05) is 0 Å². The Morgan fingerprint density at radius 2 is 1.93 bits per heavy atom. The molecule has 0 aliphatic carbocycles. The van der Waals surface area contributed by atoms with Gasteiger partial charge in [0.05, 0.1) is 22.6 Å². The number of carboxylic acids is 1. The number of thiophene rings is 1. The largest absolute Gasteiger partial charge is 0.481 e. The van der Waals surface area contributed by atoms with Gasteiger partial charge in [-0.1, -0.05) is 0 Å². The standard InChI is InChI=1S/C18H13F4N3O3S2/c19-9-1-3-13(12(5-9)18(20,21)22)23-7-11-2-4-14(30-11)16(28)25-17-24-10(8-29-17)6-15(26)27/h1-5,8,23H,6-7H2,(H,26,27)(H,24,25,28). The van der Waals surface area contributed by atoms with Crippen LogP contribution in [-0.2, 0) is 23.9 Å². The minimum atomic E-state index is -4.71. The Bertz CT molecular complexity index is 1080. The van der Waals surface area contributed by atoms with E-state index in [9.17, 15) is 27.2 Å². The monoisotopic (exact) mass is 459 g/mol. The van der Waals surface area contributed by atoms with Crippen LogP contribution in [0.25, 0.3) is 0 Å². The lowest BCUT2D eigenvalue weighted by molar-refractivity contribution is -0.137. The molecule has 0 saturated carbocycles. The summed E-state index contributed by atoms with van der Waals surface area (Å²) in [4.78, 5) is 27.9. The molecule has 2 aromatic heterocycles. The molecule has 0 aliphatic heterocycles. The van der Waals surface area contributed by atoms with Crippen molar-refractivity contribution in [1.29, 1.82) is 0 Å². The summed E-state index contributed by atoms with van der Waals surface area (Å²) >= 11 is 2.15. The summed E-state index contributed by atoms with van der Waals surface area (Å²) in [6, 6.07) is 5.45. The molecular formula is C18H13F4N3O3S2. The van der Waals surface area contributed by atoms with E-state index in [1.165, 1.54) is 11.4 Å². The average molecular weight is 459 g/mol. The van der Waals surface area contributed by atoms with Crippen molar-refractivity contribution in [1.82, 2.24) is 4.98 Å². The van der Waals surface area contributed by atoms with Crippen molar-refractivity contribution < 1.29 is 32.3 Å². The van der Waals surface area contributed by atoms with Crippen LogP contribution in [0.3, 0.4) is 0 Å². The van der Waals surface area contributed by atoms with Gasteiger partial charge in [-0.2, -0.15) is 13.2 Å². The zero-order valence-electron chi connectivity index (χ0n) is 14.9. The van der Waals surface area contributed by atoms with Crippen molar-refractivity contribution >= 4 is 45.4 Å². The van der Waals surface area contributed by atoms with Gasteiger partial charge in [-0.25, -0.2) is 9.37 Å². The number of carbonyl (C=O) groups excluding carboxylic acids is 1. The molecule has 1 amide bonds. The molecule has 3 aromatic rings. The fourth-order valence-corrected chi connectivity index (χ4v) is 3.99. The number of carboxylic acid groups (broad SMARTS) is 1. The number of carbonyl (C=O) groups is 2. The van der Waals surface area contributed by atoms with Gasteiger partial charge in [-0.05, 0) is 30.3 Å². The van der Waals surface area contributed by atoms with Gasteiger partial charge in [0, 0.05) is 22.5 Å². The summed E-state index contributed by atoms with van der Waals surface area (Å²) in [5, 5.41) is 15.7. The Morgan fingerprint density at radius 1 is 1.17 bits per heavy atom. The van der Waals surface area contributed by atoms with E-state index < -0.39 is 29.4 Å². The number of nitrogens with zero attached hydrogens (tertiary/aromatic N) is 1. The average Bonchev–Trinajstić information content (AvgIpc) is 3.29. The molecule has 30 heavy (non-hydrogen) atoms. The smallest absolute Gasteiger partial charge is 0.418 e. The first kappa shape index (κ1) is 21.7. The first-order valence-electron chi connectivity index (χ1n) is 8.28. The number of aliphatic carboxylic acids is 1. The second-order valence-electron chi connectivity index (χ2n) is 5.98. The van der Waals surface area contributed by atoms with E-state index >= 15 is 0 Å². The molecule has 6 nitrogen and oxygen atoms in total. The van der Waals surface area contributed by atoms with Gasteiger partial charge in [-0.15, -0.1) is 22.7 Å². The summed E-state index contributed by atoms with van der Waals surface area (Å²) in [6.45, 7) is 0.00662. The second-order valence-corrected chi connectivity index (χ2v) is 8.00. The zero-order chi connectivity index (χ0) is 21.9. The predicted octanol–water partition coefficient (Wildman–Crippen LogP) is 4.85. The van der Waals surface area contributed by atoms with Gasteiger partial charge in [-0.3, -0.25) is 14.9 Å². The van der Waals surface area contributed by atoms with Gasteiger partial charge in [0.25, 0.3) is 5.91 Å². The molecular weight excluding hydrogens is 446 g/mol. The summed E-state index contributed by atoms with van der Waals surface area (Å²) in [7, 11) is 0. The van der Waals surface area contributed by atoms with Crippen molar-refractivity contribution in [3.8, 4) is 0 Å². The lowest BCUT2D eigenvalue weighted by Gasteiger charge is -2.14. The fraction of sp³-hybridized carbons (Fsp3) is 0.167. The molecule has 12 heteroatoms. The first-order valence-corrected chi connectivity index (χ1v) is 9.98. The zero-order valence-corrected chi connectivity index (χ0v) is 16.6. The van der Waals surface area contributed by atoms with Crippen LogP contribution in [-0.4, -0.2) is 22.0 Å². The Morgan fingerprint density at radius 3 is 2.63 bits per heavy atom. The van der Waals surface area contributed by atoms with Gasteiger partial charge in [0.2, 0.25) is 0 Å². The minimum absolute atomic E-state index is 0.00662. The highest BCUT2D eigenvalue weighted by molar-refractivity contribution is 7.15. The van der Waals surface area contributed by atoms with Gasteiger partial charge in [0.15, 0.2) is 5.13 Å². The quantitative estimate of drug-likeness (QED) is 0.439. The molecule has 0 radical (unpaired) electrons. The molecule has 2 heterocycles. The van der Waals surface area contributed by atoms with Crippen molar-refractivity contribution in [2.24, 2.45) is 0 Å². The Balaban J connectivity index is 1.64. The van der Waals surface area contributed by atoms with Crippen LogP contribution in [0, 0.1) is 5.82 Å². The maximum atomic E-state index is 13.2. The first-order chi connectivity index (χ1) is 14.1. The van der Waals surface area contributed by atoms with Crippen LogP contribution in [0.15, 0.2) is 35.7 Å². The van der Waals surface area contributed by atoms with Crippen molar-refractivity contribution in [2.75, 3.05) is 10.6 Å². The van der Waals surface area contributed by atoms with Crippen LogP contribution in [0.2, 0.25) is 0 Å². The molecule has 0 saturated heterocycles. The van der Waals surface area contributed by atoms with Crippen LogP contribution in [0.4, 0.5) is 28.4 Å². The third-order valence-electron chi connectivity index (χ3n) is 3.73. The highest BCUT2D eigenvalue weighted by Crippen LogP contribution is 2.35. The Hall–Kier alpha value is -2.99. The number of thiazole rings is 1. The number of hydrogen-bond acceptors (Lipinski definition) is 6. The van der Waals surface area contributed by atoms with Crippen LogP contribution in [0.5, 0.6) is 0 Å². The maximum Gasteiger partial charge on any atom is 0.418 e. The number of hydrogen-bond donors (Lipinski definition) is 3. The molecule has 158 valence electrons. The summed E-state index contributed by atoms with van der Waals surface area (Å²) < 4.78 is 52.3. The lowest BCUT2D eigenvalue weighted by atomic mass is 10.1. The number of aromatic nitrogens is 1. The predicted molar refractivity (Wildman–Crippen MR) is 104 cm³/mol. The van der Waals surface area contributed by atoms with E-state index in [4.69, 9.17) is 5.11 Å². The van der Waals surface area contributed by atoms with Crippen molar-refractivity contribution in [3.05, 3.63) is 62.5 Å². The number of amides is 1. The maximum absolute atomic E-state index is 13.2. The van der Waals surface area contributed by atoms with E-state index in [0.29, 0.717) is 21.5 Å². The molecule has 0 fully saturated rings. The number of alkyl halides is 3. The summed E-state index contributed by atoms with van der Waals surface area (Å²) in [6.07, 6.45) is -4.97. The second kappa shape index (κ2) is 8.79. The highest BCUT2D eigenvalue weighted by atomic mass is 32.1. The van der Waals surface area contributed by atoms with Gasteiger partial charge < -0.3 is 10.4 Å². The van der Waals surface area contributed by atoms with E-state index in [-0.39, 0.29) is 23.8 Å². The number of anilines is 2. The Kier molecular flexibility index (Phi) is 6.37. The SMILES string of the molecule is O=C(O)Cc1csc(NC(=O)c2ccc(CNc3ccc(F)cc3C(F)(F)F)s2)n1. The topological polar surface area (TPSA) is 91.3 Å². The minimum Gasteiger partial charge on any atom is -0.481 e. The third-order valence-corrected chi connectivity index (χ3v) is 5.62. The van der Waals surface area contributed by atoms with E-state index in [2.05, 4.69) is 15.6 Å². The Labute approximate surface area is 175 Å². The lowest BCUT2D eigenvalue weighted by Crippen LogP contribution is -2.11. The molecule has 0 aliphatic rings. The van der Waals surface area contributed by atoms with Crippen LogP contribution in [0.1, 0.15) is 25.8 Å². The molecule has 0 atom stereocenters. The fourth-order valence-electron chi connectivity index (χ4n) is 2.44. The third kappa shape index (κ3) is 5.54. The number of benzene rings is 1. The van der Waals surface area contributed by atoms with Crippen molar-refractivity contribution in [3.63, 3.8) is 0 Å². The molecule has 0 bridgehead atoms. The van der Waals surface area contributed by atoms with E-state index in [0.717, 1.165) is 34.8 Å². The molecule has 0 unspecified atom stereocenters. The van der Waals surface area contributed by atoms with Gasteiger partial charge >= 0.3 is 12.1 Å². The highest BCUT2D eigenvalue weighted by Gasteiger charge is 2.34. The van der Waals surface area contributed by atoms with E-state index in [1.54, 1.807) is 6.07 Å². The molecule has 3 rings (SSSR count). The number of nitrogens with one attached hydrogen (secondary N) is 2. The molecule has 0 spiro atoms. The number of rotatable bonds is 7. The van der Waals surface area contributed by atoms with Crippen LogP contribution < -0.4 is 10.6 Å². The molecule has 1 aromatic carbocycles. The normalized spacial score (nSPS) is 11.3. The van der Waals surface area contributed by atoms with Gasteiger partial charge in [0.1, 0.15) is 5.82 Å². The van der Waals surface area contributed by atoms with Crippen molar-refractivity contribution in [2.45, 2.75) is 19.1 Å².